The van der Waals surface area contributed by atoms with Gasteiger partial charge in [-0.15, -0.1) is 10.2 Å². The lowest BCUT2D eigenvalue weighted by molar-refractivity contribution is -0.118. The molecule has 142 valence electrons. The van der Waals surface area contributed by atoms with E-state index >= 15 is 0 Å². The van der Waals surface area contributed by atoms with Gasteiger partial charge in [-0.2, -0.15) is 0 Å². The van der Waals surface area contributed by atoms with E-state index in [9.17, 15) is 9.59 Å². The lowest BCUT2D eigenvalue weighted by Gasteiger charge is -2.18. The van der Waals surface area contributed by atoms with Crippen LogP contribution in [0.2, 0.25) is 5.02 Å². The summed E-state index contributed by atoms with van der Waals surface area (Å²) >= 11 is 7.52. The number of nitrogens with one attached hydrogen (secondary N) is 1. The van der Waals surface area contributed by atoms with Crippen LogP contribution >= 0.6 is 23.4 Å². The number of ketones is 1. The van der Waals surface area contributed by atoms with Crippen LogP contribution in [0.5, 0.6) is 5.75 Å². The van der Waals surface area contributed by atoms with Gasteiger partial charge < -0.3 is 14.6 Å². The molecule has 0 atom stereocenters. The fourth-order valence-corrected chi connectivity index (χ4v) is 3.81. The van der Waals surface area contributed by atoms with Crippen molar-refractivity contribution in [3.63, 3.8) is 0 Å². The normalized spacial score (nSPS) is 12.9. The molecule has 28 heavy (non-hydrogen) atoms. The molecule has 1 aromatic heterocycles. The second kappa shape index (κ2) is 7.65. The van der Waals surface area contributed by atoms with Crippen molar-refractivity contribution in [1.29, 1.82) is 0 Å². The third kappa shape index (κ3) is 3.61. The van der Waals surface area contributed by atoms with Crippen molar-refractivity contribution >= 4 is 40.7 Å². The molecule has 7 nitrogen and oxygen atoms in total. The number of rotatable bonds is 5. The Bertz CT molecular complexity index is 1080. The lowest BCUT2D eigenvalue weighted by Crippen LogP contribution is -2.25. The van der Waals surface area contributed by atoms with E-state index in [4.69, 9.17) is 16.3 Å². The van der Waals surface area contributed by atoms with Gasteiger partial charge in [0, 0.05) is 18.2 Å². The Hall–Kier alpha value is -2.84. The Morgan fingerprint density at radius 1 is 1.29 bits per heavy atom. The average molecular weight is 415 g/mol. The van der Waals surface area contributed by atoms with Crippen LogP contribution in [0.25, 0.3) is 11.4 Å². The van der Waals surface area contributed by atoms with E-state index < -0.39 is 0 Å². The number of halogens is 1. The zero-order valence-electron chi connectivity index (χ0n) is 14.8. The van der Waals surface area contributed by atoms with Gasteiger partial charge >= 0.3 is 0 Å². The first kappa shape index (κ1) is 18.5. The molecule has 1 aliphatic heterocycles. The van der Waals surface area contributed by atoms with Gasteiger partial charge in [0.05, 0.1) is 16.5 Å². The van der Waals surface area contributed by atoms with Gasteiger partial charge in [-0.3, -0.25) is 9.59 Å². The molecule has 9 heteroatoms. The molecule has 0 spiro atoms. The molecular weight excluding hydrogens is 400 g/mol. The minimum absolute atomic E-state index is 0.0178. The summed E-state index contributed by atoms with van der Waals surface area (Å²) in [6.07, 6.45) is 0. The molecule has 2 aromatic carbocycles. The third-order valence-corrected chi connectivity index (χ3v) is 5.57. The number of nitrogens with zero attached hydrogens (tertiary/aromatic N) is 3. The van der Waals surface area contributed by atoms with E-state index in [-0.39, 0.29) is 24.1 Å². The number of anilines is 1. The Kier molecular flexibility index (Phi) is 5.06. The predicted octanol–water partition coefficient (Wildman–Crippen LogP) is 3.44. The number of hydrogen-bond donors (Lipinski definition) is 1. The van der Waals surface area contributed by atoms with E-state index in [2.05, 4.69) is 15.5 Å². The van der Waals surface area contributed by atoms with Crippen LogP contribution in [0.1, 0.15) is 10.4 Å². The van der Waals surface area contributed by atoms with Crippen LogP contribution < -0.4 is 10.1 Å². The van der Waals surface area contributed by atoms with Gasteiger partial charge in [0.1, 0.15) is 5.75 Å². The molecule has 0 aliphatic carbocycles. The number of benzene rings is 2. The van der Waals surface area contributed by atoms with Crippen LogP contribution in [0.15, 0.2) is 47.6 Å². The number of amides is 1. The summed E-state index contributed by atoms with van der Waals surface area (Å²) in [5.74, 6) is 1.05. The smallest absolute Gasteiger partial charge is 0.262 e. The fourth-order valence-electron chi connectivity index (χ4n) is 2.79. The molecule has 0 bridgehead atoms. The van der Waals surface area contributed by atoms with Gasteiger partial charge in [0.2, 0.25) is 0 Å². The van der Waals surface area contributed by atoms with Gasteiger partial charge in [-0.25, -0.2) is 0 Å². The van der Waals surface area contributed by atoms with E-state index in [0.717, 1.165) is 5.56 Å². The molecular formula is C19H15ClN4O3S. The number of aromatic nitrogens is 3. The highest BCUT2D eigenvalue weighted by atomic mass is 35.5. The first-order valence-corrected chi connectivity index (χ1v) is 9.76. The van der Waals surface area contributed by atoms with Crippen molar-refractivity contribution in [1.82, 2.24) is 14.8 Å². The standard InChI is InChI=1S/C19H15ClN4O3S/c1-24-18(12-4-2-3-5-13(12)20)22-23-19(24)28-10-15(25)11-6-7-16-14(8-11)21-17(26)9-27-16/h2-8H,9-10H2,1H3,(H,21,26). The summed E-state index contributed by atoms with van der Waals surface area (Å²) in [7, 11) is 1.83. The number of carbonyl (C=O) groups excluding carboxylic acids is 2. The fraction of sp³-hybridized carbons (Fsp3) is 0.158. The van der Waals surface area contributed by atoms with Crippen molar-refractivity contribution in [3.8, 4) is 17.1 Å². The van der Waals surface area contributed by atoms with E-state index in [1.54, 1.807) is 28.8 Å². The van der Waals surface area contributed by atoms with Crippen LogP contribution in [-0.4, -0.2) is 38.8 Å². The maximum Gasteiger partial charge on any atom is 0.262 e. The van der Waals surface area contributed by atoms with Crippen LogP contribution in [0.4, 0.5) is 5.69 Å². The highest BCUT2D eigenvalue weighted by molar-refractivity contribution is 7.99. The predicted molar refractivity (Wildman–Crippen MR) is 107 cm³/mol. The minimum atomic E-state index is -0.238. The zero-order chi connectivity index (χ0) is 19.7. The molecule has 0 fully saturated rings. The Morgan fingerprint density at radius 2 is 2.11 bits per heavy atom. The minimum Gasteiger partial charge on any atom is -0.482 e. The van der Waals surface area contributed by atoms with Crippen LogP contribution in [0, 0.1) is 0 Å². The monoisotopic (exact) mass is 414 g/mol. The van der Waals surface area contributed by atoms with Gasteiger partial charge in [0.15, 0.2) is 23.4 Å². The summed E-state index contributed by atoms with van der Waals surface area (Å²) in [4.78, 5) is 24.0. The second-order valence-electron chi connectivity index (χ2n) is 6.10. The topological polar surface area (TPSA) is 86.1 Å². The number of thioether (sulfide) groups is 1. The quantitative estimate of drug-likeness (QED) is 0.508. The molecule has 2 heterocycles. The van der Waals surface area contributed by atoms with E-state index in [1.165, 1.54) is 11.8 Å². The van der Waals surface area contributed by atoms with Crippen LogP contribution in [-0.2, 0) is 11.8 Å². The molecule has 0 saturated heterocycles. The first-order chi connectivity index (χ1) is 13.5. The Labute approximate surface area is 170 Å². The average Bonchev–Trinajstić information content (AvgIpc) is 3.06. The number of ether oxygens (including phenoxy) is 1. The Morgan fingerprint density at radius 3 is 2.93 bits per heavy atom. The van der Waals surface area contributed by atoms with Gasteiger partial charge in [-0.05, 0) is 30.3 Å². The SMILES string of the molecule is Cn1c(SCC(=O)c2ccc3c(c2)NC(=O)CO3)nnc1-c1ccccc1Cl. The molecule has 1 aliphatic rings. The van der Waals surface area contributed by atoms with Crippen LogP contribution in [0.3, 0.4) is 0 Å². The molecule has 0 radical (unpaired) electrons. The first-order valence-electron chi connectivity index (χ1n) is 8.40. The maximum absolute atomic E-state index is 12.6. The number of Topliss-reactive ketones (excluding diaryl/α,β-unsaturated/α-hetero) is 1. The second-order valence-corrected chi connectivity index (χ2v) is 7.45. The third-order valence-electron chi connectivity index (χ3n) is 4.22. The molecule has 3 aromatic rings. The Balaban J connectivity index is 1.48. The summed E-state index contributed by atoms with van der Waals surface area (Å²) in [6, 6.07) is 12.4. The van der Waals surface area contributed by atoms with Gasteiger partial charge in [-0.1, -0.05) is 35.5 Å². The summed E-state index contributed by atoms with van der Waals surface area (Å²) in [5, 5.41) is 12.3. The van der Waals surface area contributed by atoms with Crippen molar-refractivity contribution in [2.75, 3.05) is 17.7 Å². The molecule has 0 unspecified atom stereocenters. The highest BCUT2D eigenvalue weighted by Crippen LogP contribution is 2.30. The van der Waals surface area contributed by atoms with Crippen molar-refractivity contribution < 1.29 is 14.3 Å². The number of carbonyl (C=O) groups is 2. The van der Waals surface area contributed by atoms with Crippen molar-refractivity contribution in [2.45, 2.75) is 5.16 Å². The largest absolute Gasteiger partial charge is 0.482 e. The summed E-state index contributed by atoms with van der Waals surface area (Å²) in [6.45, 7) is -0.0178. The number of fused-ring (bicyclic) bond motifs is 1. The zero-order valence-corrected chi connectivity index (χ0v) is 16.4. The van der Waals surface area contributed by atoms with E-state index in [1.807, 2.05) is 25.2 Å². The van der Waals surface area contributed by atoms with Crippen molar-refractivity contribution in [2.24, 2.45) is 7.05 Å². The number of hydrogen-bond acceptors (Lipinski definition) is 6. The molecule has 0 saturated carbocycles. The lowest BCUT2D eigenvalue weighted by atomic mass is 10.1. The molecule has 1 N–H and O–H groups in total. The molecule has 4 rings (SSSR count). The van der Waals surface area contributed by atoms with E-state index in [0.29, 0.717) is 33.0 Å². The summed E-state index contributed by atoms with van der Waals surface area (Å²) < 4.78 is 7.11. The van der Waals surface area contributed by atoms with Gasteiger partial charge in [0.25, 0.3) is 5.91 Å². The van der Waals surface area contributed by atoms with Crippen molar-refractivity contribution in [3.05, 3.63) is 53.1 Å². The summed E-state index contributed by atoms with van der Waals surface area (Å²) in [5.41, 5.74) is 1.78. The maximum atomic E-state index is 12.6. The highest BCUT2D eigenvalue weighted by Gasteiger charge is 2.19. The molecule has 1 amide bonds.